The molecular formula is C7H5B. The van der Waals surface area contributed by atoms with Crippen molar-refractivity contribution in [2.75, 3.05) is 0 Å². The van der Waals surface area contributed by atoms with Crippen LogP contribution in [0.4, 0.5) is 0 Å². The molecule has 0 aliphatic heterocycles. The Labute approximate surface area is 50.9 Å². The zero-order chi connectivity index (χ0) is 5.82. The third-order valence-corrected chi connectivity index (χ3v) is 0.930. The van der Waals surface area contributed by atoms with Crippen molar-refractivity contribution in [1.29, 1.82) is 0 Å². The number of hydrogen-bond acceptors (Lipinski definition) is 0. The molecule has 0 unspecified atom stereocenters. The highest BCUT2D eigenvalue weighted by molar-refractivity contribution is 6.08. The minimum Gasteiger partial charge on any atom is -0.0700 e. The third-order valence-electron chi connectivity index (χ3n) is 0.930. The maximum absolute atomic E-state index is 5.30. The van der Waals surface area contributed by atoms with Crippen LogP contribution in [0.5, 0.6) is 0 Å². The summed E-state index contributed by atoms with van der Waals surface area (Å²) >= 11 is 0. The van der Waals surface area contributed by atoms with Gasteiger partial charge >= 0.3 is 0 Å². The molecule has 2 radical (unpaired) electrons. The molecule has 0 atom stereocenters. The van der Waals surface area contributed by atoms with Crippen LogP contribution >= 0.6 is 0 Å². The minimum atomic E-state index is 0.553. The Balaban J connectivity index is 2.83. The summed E-state index contributed by atoms with van der Waals surface area (Å²) < 4.78 is 0. The van der Waals surface area contributed by atoms with Crippen LogP contribution in [-0.4, -0.2) is 7.85 Å². The van der Waals surface area contributed by atoms with Crippen LogP contribution in [0.15, 0.2) is 18.2 Å². The first kappa shape index (κ1) is 5.25. The first-order valence-electron chi connectivity index (χ1n) is 2.51. The van der Waals surface area contributed by atoms with E-state index in [1.165, 1.54) is 0 Å². The van der Waals surface area contributed by atoms with Gasteiger partial charge in [0.05, 0.1) is 7.85 Å². The van der Waals surface area contributed by atoms with Gasteiger partial charge in [0.1, 0.15) is 0 Å². The van der Waals surface area contributed by atoms with E-state index in [0.717, 1.165) is 5.56 Å². The largest absolute Gasteiger partial charge is 0.0725 e. The van der Waals surface area contributed by atoms with Gasteiger partial charge in [0.25, 0.3) is 0 Å². The SMILES string of the molecule is [B]Cc1c#cccc1. The van der Waals surface area contributed by atoms with Crippen molar-refractivity contribution in [2.45, 2.75) is 6.32 Å². The molecule has 0 fully saturated rings. The molecule has 0 aromatic heterocycles. The highest BCUT2D eigenvalue weighted by Gasteiger charge is 1.78. The predicted molar refractivity (Wildman–Crippen MR) is 33.6 cm³/mol. The monoisotopic (exact) mass is 100 g/mol. The van der Waals surface area contributed by atoms with E-state index in [1.807, 2.05) is 12.1 Å². The Morgan fingerprint density at radius 2 is 2.50 bits per heavy atom. The van der Waals surface area contributed by atoms with E-state index in [1.54, 1.807) is 6.07 Å². The van der Waals surface area contributed by atoms with Gasteiger partial charge in [0.2, 0.25) is 0 Å². The lowest BCUT2D eigenvalue weighted by Gasteiger charge is -1.83. The van der Waals surface area contributed by atoms with Crippen molar-refractivity contribution < 1.29 is 0 Å². The summed E-state index contributed by atoms with van der Waals surface area (Å²) in [6.07, 6.45) is 0.553. The zero-order valence-electron chi connectivity index (χ0n) is 4.52. The van der Waals surface area contributed by atoms with E-state index >= 15 is 0 Å². The van der Waals surface area contributed by atoms with Gasteiger partial charge in [-0.15, -0.1) is 0 Å². The van der Waals surface area contributed by atoms with Crippen molar-refractivity contribution in [2.24, 2.45) is 0 Å². The van der Waals surface area contributed by atoms with E-state index in [2.05, 4.69) is 12.1 Å². The van der Waals surface area contributed by atoms with E-state index < -0.39 is 0 Å². The van der Waals surface area contributed by atoms with Gasteiger partial charge in [-0.1, -0.05) is 30.6 Å². The molecule has 0 spiro atoms. The van der Waals surface area contributed by atoms with Gasteiger partial charge in [0.15, 0.2) is 0 Å². The van der Waals surface area contributed by atoms with E-state index in [0.29, 0.717) is 6.32 Å². The van der Waals surface area contributed by atoms with Crippen molar-refractivity contribution in [3.05, 3.63) is 35.9 Å². The van der Waals surface area contributed by atoms with Crippen LogP contribution < -0.4 is 0 Å². The Hall–Kier alpha value is -0.895. The average molecular weight is 99.9 g/mol. The van der Waals surface area contributed by atoms with Crippen molar-refractivity contribution >= 4 is 7.85 Å². The molecule has 1 aromatic carbocycles. The quantitative estimate of drug-likeness (QED) is 0.461. The molecule has 0 saturated heterocycles. The summed E-state index contributed by atoms with van der Waals surface area (Å²) in [4.78, 5) is 0. The van der Waals surface area contributed by atoms with Crippen LogP contribution in [0.1, 0.15) is 5.56 Å². The highest BCUT2D eigenvalue weighted by atomic mass is 13.8. The molecule has 0 aliphatic rings. The highest BCUT2D eigenvalue weighted by Crippen LogP contribution is 1.89. The standard InChI is InChI=1S/C7H5B/c8-6-7-4-2-1-3-5-7/h1-2,4H,6H2. The molecular weight excluding hydrogens is 94.9 g/mol. The Morgan fingerprint density at radius 3 is 2.88 bits per heavy atom. The average Bonchev–Trinajstić information content (AvgIpc) is 1.90. The third kappa shape index (κ3) is 1.04. The van der Waals surface area contributed by atoms with E-state index in [9.17, 15) is 0 Å². The second kappa shape index (κ2) is 2.42. The lowest BCUT2D eigenvalue weighted by atomic mass is 9.99. The molecule has 0 aliphatic carbocycles. The maximum Gasteiger partial charge on any atom is 0.0725 e. The van der Waals surface area contributed by atoms with Gasteiger partial charge in [-0.25, -0.2) is 0 Å². The smallest absolute Gasteiger partial charge is 0.0700 e. The normalized spacial score (nSPS) is 8.00. The molecule has 1 rings (SSSR count). The fourth-order valence-electron chi connectivity index (χ4n) is 0.507. The molecule has 1 heteroatoms. The first-order chi connectivity index (χ1) is 3.93. The van der Waals surface area contributed by atoms with Crippen molar-refractivity contribution in [1.82, 2.24) is 0 Å². The molecule has 8 heavy (non-hydrogen) atoms. The summed E-state index contributed by atoms with van der Waals surface area (Å²) in [5.41, 5.74) is 1.01. The topological polar surface area (TPSA) is 0 Å². The summed E-state index contributed by atoms with van der Waals surface area (Å²) in [6.45, 7) is 0. The zero-order valence-corrected chi connectivity index (χ0v) is 4.52. The Morgan fingerprint density at radius 1 is 1.62 bits per heavy atom. The van der Waals surface area contributed by atoms with E-state index in [4.69, 9.17) is 7.85 Å². The lowest BCUT2D eigenvalue weighted by molar-refractivity contribution is 1.42. The summed E-state index contributed by atoms with van der Waals surface area (Å²) in [6, 6.07) is 11.3. The van der Waals surface area contributed by atoms with Gasteiger partial charge in [0, 0.05) is 0 Å². The maximum atomic E-state index is 5.30. The second-order valence-corrected chi connectivity index (χ2v) is 1.52. The summed E-state index contributed by atoms with van der Waals surface area (Å²) in [5.74, 6) is 0. The summed E-state index contributed by atoms with van der Waals surface area (Å²) in [5, 5.41) is 0. The van der Waals surface area contributed by atoms with Gasteiger partial charge in [-0.2, -0.15) is 0 Å². The van der Waals surface area contributed by atoms with Crippen LogP contribution in [0, 0.1) is 12.1 Å². The first-order valence-corrected chi connectivity index (χ1v) is 2.51. The van der Waals surface area contributed by atoms with Crippen molar-refractivity contribution in [3.63, 3.8) is 0 Å². The molecule has 0 nitrogen and oxygen atoms in total. The fourth-order valence-corrected chi connectivity index (χ4v) is 0.507. The molecule has 0 saturated carbocycles. The molecule has 0 bridgehead atoms. The van der Waals surface area contributed by atoms with Crippen LogP contribution in [-0.2, 0) is 6.32 Å². The Bertz CT molecular complexity index is 146. The van der Waals surface area contributed by atoms with Gasteiger partial charge in [-0.3, -0.25) is 0 Å². The van der Waals surface area contributed by atoms with E-state index in [-0.39, 0.29) is 0 Å². The molecule has 0 amide bonds. The number of hydrogen-bond donors (Lipinski definition) is 0. The summed E-state index contributed by atoms with van der Waals surface area (Å²) in [7, 11) is 5.30. The fraction of sp³-hybridized carbons (Fsp3) is 0.143. The molecule has 0 N–H and O–H groups in total. The minimum absolute atomic E-state index is 0.553. The number of rotatable bonds is 1. The predicted octanol–water partition coefficient (Wildman–Crippen LogP) is 0.955. The van der Waals surface area contributed by atoms with Gasteiger partial charge < -0.3 is 0 Å². The van der Waals surface area contributed by atoms with Crippen LogP contribution in [0.3, 0.4) is 0 Å². The second-order valence-electron chi connectivity index (χ2n) is 1.52. The van der Waals surface area contributed by atoms with Gasteiger partial charge in [-0.05, 0) is 11.6 Å². The van der Waals surface area contributed by atoms with Crippen LogP contribution in [0.2, 0.25) is 0 Å². The Kier molecular flexibility index (Phi) is 1.59. The molecule has 1 aromatic rings. The molecule has 36 valence electrons. The lowest BCUT2D eigenvalue weighted by Crippen LogP contribution is -1.77. The molecule has 0 heterocycles. The van der Waals surface area contributed by atoms with Crippen molar-refractivity contribution in [3.8, 4) is 0 Å². The van der Waals surface area contributed by atoms with Crippen LogP contribution in [0.25, 0.3) is 0 Å².